The molecule has 0 heterocycles. The highest BCUT2D eigenvalue weighted by atomic mass is 32.2. The molecule has 0 spiro atoms. The van der Waals surface area contributed by atoms with E-state index < -0.39 is 32.2 Å². The fourth-order valence-corrected chi connectivity index (χ4v) is 2.72. The van der Waals surface area contributed by atoms with Gasteiger partial charge in [0.05, 0.1) is 9.79 Å². The van der Waals surface area contributed by atoms with Crippen molar-refractivity contribution in [2.24, 2.45) is 0 Å². The van der Waals surface area contributed by atoms with E-state index >= 15 is 0 Å². The minimum atomic E-state index is -4.05. The van der Waals surface area contributed by atoms with Crippen LogP contribution in [0.5, 0.6) is 0 Å². The van der Waals surface area contributed by atoms with Crippen LogP contribution in [0.15, 0.2) is 52.3 Å². The summed E-state index contributed by atoms with van der Waals surface area (Å²) in [6.07, 6.45) is 0. The molecule has 94 valence electrons. The highest BCUT2D eigenvalue weighted by Gasteiger charge is 2.19. The molecule has 2 aromatic rings. The molecule has 0 aliphatic carbocycles. The second-order valence-corrected chi connectivity index (χ2v) is 5.49. The third kappa shape index (κ3) is 2.24. The molecular formula is C12H7F3O2S. The third-order valence-electron chi connectivity index (χ3n) is 2.31. The molecule has 0 saturated carbocycles. The van der Waals surface area contributed by atoms with Crippen LogP contribution >= 0.6 is 0 Å². The fourth-order valence-electron chi connectivity index (χ4n) is 1.41. The molecule has 0 aliphatic rings. The van der Waals surface area contributed by atoms with E-state index in [1.54, 1.807) is 0 Å². The molecule has 2 nitrogen and oxygen atoms in total. The maximum absolute atomic E-state index is 13.0. The van der Waals surface area contributed by atoms with E-state index in [0.29, 0.717) is 12.1 Å². The summed E-state index contributed by atoms with van der Waals surface area (Å²) in [4.78, 5) is -0.736. The van der Waals surface area contributed by atoms with E-state index in [0.717, 1.165) is 18.2 Å². The summed E-state index contributed by atoms with van der Waals surface area (Å²) in [5, 5.41) is 0. The normalized spacial score (nSPS) is 11.5. The first kappa shape index (κ1) is 12.6. The van der Waals surface area contributed by atoms with Crippen molar-refractivity contribution in [1.82, 2.24) is 0 Å². The zero-order chi connectivity index (χ0) is 13.3. The van der Waals surface area contributed by atoms with Gasteiger partial charge in [-0.3, -0.25) is 0 Å². The minimum Gasteiger partial charge on any atom is -0.219 e. The highest BCUT2D eigenvalue weighted by molar-refractivity contribution is 7.91. The van der Waals surface area contributed by atoms with Gasteiger partial charge in [-0.25, -0.2) is 21.6 Å². The Morgan fingerprint density at radius 3 is 2.06 bits per heavy atom. The topological polar surface area (TPSA) is 34.1 Å². The van der Waals surface area contributed by atoms with Crippen LogP contribution < -0.4 is 0 Å². The lowest BCUT2D eigenvalue weighted by molar-refractivity contribution is 0.504. The zero-order valence-corrected chi connectivity index (χ0v) is 9.72. The molecule has 0 bridgehead atoms. The van der Waals surface area contributed by atoms with Gasteiger partial charge in [-0.1, -0.05) is 6.07 Å². The molecular weight excluding hydrogens is 265 g/mol. The van der Waals surface area contributed by atoms with Crippen LogP contribution in [0.4, 0.5) is 13.2 Å². The van der Waals surface area contributed by atoms with Crippen molar-refractivity contribution in [3.8, 4) is 0 Å². The second kappa shape index (κ2) is 4.45. The standard InChI is InChI=1S/C12H7F3O2S/c13-8-2-1-3-9(6-8)18(16,17)10-4-5-11(14)12(15)7-10/h1-7H. The van der Waals surface area contributed by atoms with Gasteiger partial charge in [-0.05, 0) is 36.4 Å². The Labute approximate surface area is 102 Å². The molecule has 18 heavy (non-hydrogen) atoms. The van der Waals surface area contributed by atoms with E-state index in [-0.39, 0.29) is 4.90 Å². The van der Waals surface area contributed by atoms with Crippen molar-refractivity contribution in [2.45, 2.75) is 9.79 Å². The van der Waals surface area contributed by atoms with E-state index in [9.17, 15) is 21.6 Å². The second-order valence-electron chi connectivity index (χ2n) is 3.54. The molecule has 0 aliphatic heterocycles. The molecule has 0 unspecified atom stereocenters. The van der Waals surface area contributed by atoms with Gasteiger partial charge in [0.2, 0.25) is 9.84 Å². The van der Waals surface area contributed by atoms with E-state index in [1.807, 2.05) is 0 Å². The molecule has 0 amide bonds. The van der Waals surface area contributed by atoms with E-state index in [1.165, 1.54) is 12.1 Å². The first-order chi connectivity index (χ1) is 8.41. The van der Waals surface area contributed by atoms with Crippen molar-refractivity contribution in [3.63, 3.8) is 0 Å². The predicted molar refractivity (Wildman–Crippen MR) is 58.2 cm³/mol. The van der Waals surface area contributed by atoms with Gasteiger partial charge in [-0.15, -0.1) is 0 Å². The average Bonchev–Trinajstić information content (AvgIpc) is 2.32. The Morgan fingerprint density at radius 2 is 1.44 bits per heavy atom. The monoisotopic (exact) mass is 272 g/mol. The highest BCUT2D eigenvalue weighted by Crippen LogP contribution is 2.22. The number of rotatable bonds is 2. The predicted octanol–water partition coefficient (Wildman–Crippen LogP) is 2.94. The van der Waals surface area contributed by atoms with E-state index in [2.05, 4.69) is 0 Å². The SMILES string of the molecule is O=S(=O)(c1cccc(F)c1)c1ccc(F)c(F)c1. The summed E-state index contributed by atoms with van der Waals surface area (Å²) >= 11 is 0. The lowest BCUT2D eigenvalue weighted by Gasteiger charge is -2.05. The van der Waals surface area contributed by atoms with Crippen molar-refractivity contribution < 1.29 is 21.6 Å². The molecule has 0 radical (unpaired) electrons. The number of hydrogen-bond donors (Lipinski definition) is 0. The van der Waals surface area contributed by atoms with E-state index in [4.69, 9.17) is 0 Å². The Morgan fingerprint density at radius 1 is 0.778 bits per heavy atom. The maximum Gasteiger partial charge on any atom is 0.206 e. The lowest BCUT2D eigenvalue weighted by Crippen LogP contribution is -2.03. The van der Waals surface area contributed by atoms with Gasteiger partial charge in [0.1, 0.15) is 5.82 Å². The third-order valence-corrected chi connectivity index (χ3v) is 4.06. The molecule has 0 atom stereocenters. The van der Waals surface area contributed by atoms with Crippen molar-refractivity contribution in [1.29, 1.82) is 0 Å². The quantitative estimate of drug-likeness (QED) is 0.788. The fraction of sp³-hybridized carbons (Fsp3) is 0. The first-order valence-electron chi connectivity index (χ1n) is 4.87. The summed E-state index contributed by atoms with van der Waals surface area (Å²) in [6, 6.07) is 6.51. The first-order valence-corrected chi connectivity index (χ1v) is 6.35. The molecule has 0 N–H and O–H groups in total. The van der Waals surface area contributed by atoms with Gasteiger partial charge in [0, 0.05) is 0 Å². The molecule has 2 rings (SSSR count). The van der Waals surface area contributed by atoms with Crippen LogP contribution in [0.1, 0.15) is 0 Å². The maximum atomic E-state index is 13.0. The van der Waals surface area contributed by atoms with Crippen LogP contribution in [-0.4, -0.2) is 8.42 Å². The van der Waals surface area contributed by atoms with Crippen molar-refractivity contribution in [2.75, 3.05) is 0 Å². The zero-order valence-electron chi connectivity index (χ0n) is 8.90. The smallest absolute Gasteiger partial charge is 0.206 e. The van der Waals surface area contributed by atoms with Gasteiger partial charge in [0.15, 0.2) is 11.6 Å². The molecule has 0 aromatic heterocycles. The summed E-state index contributed by atoms with van der Waals surface area (Å²) in [6.45, 7) is 0. The number of benzene rings is 2. The van der Waals surface area contributed by atoms with Crippen LogP contribution in [0, 0.1) is 17.5 Å². The lowest BCUT2D eigenvalue weighted by atomic mass is 10.3. The van der Waals surface area contributed by atoms with Gasteiger partial charge in [0.25, 0.3) is 0 Å². The molecule has 0 saturated heterocycles. The summed E-state index contributed by atoms with van der Waals surface area (Å²) < 4.78 is 62.7. The minimum absolute atomic E-state index is 0.312. The average molecular weight is 272 g/mol. The van der Waals surface area contributed by atoms with Crippen LogP contribution in [0.2, 0.25) is 0 Å². The van der Waals surface area contributed by atoms with Crippen LogP contribution in [0.25, 0.3) is 0 Å². The van der Waals surface area contributed by atoms with Crippen molar-refractivity contribution in [3.05, 3.63) is 59.9 Å². The molecule has 6 heteroatoms. The Bertz CT molecular complexity index is 696. The Balaban J connectivity index is 2.58. The summed E-state index contributed by atoms with van der Waals surface area (Å²) in [7, 11) is -4.05. The van der Waals surface area contributed by atoms with Gasteiger partial charge >= 0.3 is 0 Å². The Hall–Kier alpha value is -1.82. The largest absolute Gasteiger partial charge is 0.219 e. The summed E-state index contributed by atoms with van der Waals surface area (Å²) in [5.74, 6) is -3.14. The molecule has 0 fully saturated rings. The van der Waals surface area contributed by atoms with Crippen molar-refractivity contribution >= 4 is 9.84 Å². The van der Waals surface area contributed by atoms with Gasteiger partial charge in [-0.2, -0.15) is 0 Å². The van der Waals surface area contributed by atoms with Gasteiger partial charge < -0.3 is 0 Å². The number of sulfone groups is 1. The Kier molecular flexibility index (Phi) is 3.13. The molecule has 2 aromatic carbocycles. The number of halogens is 3. The summed E-state index contributed by atoms with van der Waals surface area (Å²) in [5.41, 5.74) is 0. The number of hydrogen-bond acceptors (Lipinski definition) is 2. The van der Waals surface area contributed by atoms with Crippen LogP contribution in [-0.2, 0) is 9.84 Å². The van der Waals surface area contributed by atoms with Crippen LogP contribution in [0.3, 0.4) is 0 Å².